The lowest BCUT2D eigenvalue weighted by Gasteiger charge is -2.32. The zero-order chi connectivity index (χ0) is 24.5. The Hall–Kier alpha value is -4.00. The van der Waals surface area contributed by atoms with Gasteiger partial charge in [-0.2, -0.15) is 5.26 Å². The molecule has 180 valence electrons. The van der Waals surface area contributed by atoms with Crippen LogP contribution in [0.4, 0.5) is 0 Å². The van der Waals surface area contributed by atoms with Crippen LogP contribution in [0.25, 0.3) is 22.6 Å². The molecule has 1 saturated carbocycles. The van der Waals surface area contributed by atoms with Crippen LogP contribution in [-0.4, -0.2) is 60.3 Å². The summed E-state index contributed by atoms with van der Waals surface area (Å²) in [4.78, 5) is 44.6. The molecule has 0 bridgehead atoms. The van der Waals surface area contributed by atoms with Crippen LogP contribution in [0.2, 0.25) is 0 Å². The number of piperidine rings is 1. The van der Waals surface area contributed by atoms with Crippen molar-refractivity contribution in [2.75, 3.05) is 13.1 Å². The number of hydrogen-bond donors (Lipinski definition) is 2. The Labute approximate surface area is 203 Å². The Morgan fingerprint density at radius 3 is 2.71 bits per heavy atom. The van der Waals surface area contributed by atoms with Crippen LogP contribution in [0, 0.1) is 23.2 Å². The third-order valence-corrected chi connectivity index (χ3v) is 6.69. The van der Waals surface area contributed by atoms with Gasteiger partial charge in [-0.25, -0.2) is 15.0 Å². The predicted molar refractivity (Wildman–Crippen MR) is 129 cm³/mol. The second kappa shape index (κ2) is 9.33. The highest BCUT2D eigenvalue weighted by molar-refractivity contribution is 6.06. The minimum absolute atomic E-state index is 0.0315. The van der Waals surface area contributed by atoms with Gasteiger partial charge in [-0.15, -0.1) is 0 Å². The number of H-pyrrole nitrogens is 1. The molecule has 1 aliphatic carbocycles. The number of imidazole rings is 1. The summed E-state index contributed by atoms with van der Waals surface area (Å²) < 4.78 is 2.06. The molecule has 1 saturated heterocycles. The van der Waals surface area contributed by atoms with Crippen molar-refractivity contribution in [1.82, 2.24) is 34.7 Å². The van der Waals surface area contributed by atoms with Crippen molar-refractivity contribution in [3.63, 3.8) is 0 Å². The minimum atomic E-state index is -0.861. The normalized spacial score (nSPS) is 17.2. The molecular formula is C25H28N8O2. The Balaban J connectivity index is 1.34. The van der Waals surface area contributed by atoms with Gasteiger partial charge in [0.15, 0.2) is 5.65 Å². The fourth-order valence-corrected chi connectivity index (χ4v) is 4.39. The number of nitrogens with one attached hydrogen (secondary N) is 2. The van der Waals surface area contributed by atoms with E-state index < -0.39 is 11.9 Å². The average molecular weight is 473 g/mol. The molecule has 35 heavy (non-hydrogen) atoms. The molecule has 10 nitrogen and oxygen atoms in total. The molecule has 2 fully saturated rings. The van der Waals surface area contributed by atoms with Gasteiger partial charge in [0.1, 0.15) is 22.9 Å². The molecule has 0 unspecified atom stereocenters. The number of carbonyl (C=O) groups is 2. The van der Waals surface area contributed by atoms with Gasteiger partial charge in [0.05, 0.1) is 24.2 Å². The van der Waals surface area contributed by atoms with Gasteiger partial charge in [0, 0.05) is 37.9 Å². The van der Waals surface area contributed by atoms with E-state index in [4.69, 9.17) is 5.26 Å². The zero-order valence-electron chi connectivity index (χ0n) is 19.7. The molecule has 1 atom stereocenters. The Morgan fingerprint density at radius 2 is 2.03 bits per heavy atom. The maximum atomic E-state index is 13.2. The van der Waals surface area contributed by atoms with Crippen molar-refractivity contribution in [2.45, 2.75) is 45.2 Å². The van der Waals surface area contributed by atoms with Crippen molar-refractivity contribution in [1.29, 1.82) is 5.26 Å². The first-order chi connectivity index (χ1) is 16.9. The molecule has 4 heterocycles. The van der Waals surface area contributed by atoms with Gasteiger partial charge >= 0.3 is 0 Å². The SMILES string of the molecule is C=C(C)[C@@H](NC(=O)c1c[nH]c2ncc(-c3cn(CC4CC4)cn3)nc12)C(=O)N1CCC(C#N)CC1. The predicted octanol–water partition coefficient (Wildman–Crippen LogP) is 2.67. The average Bonchev–Trinajstić information content (AvgIpc) is 3.38. The number of carbonyl (C=O) groups excluding carboxylic acids is 2. The van der Waals surface area contributed by atoms with Crippen LogP contribution in [-0.2, 0) is 11.3 Å². The number of fused-ring (bicyclic) bond motifs is 1. The molecule has 10 heteroatoms. The summed E-state index contributed by atoms with van der Waals surface area (Å²) in [7, 11) is 0. The molecule has 3 aromatic heterocycles. The molecule has 1 aliphatic heterocycles. The third-order valence-electron chi connectivity index (χ3n) is 6.69. The number of rotatable bonds is 7. The van der Waals surface area contributed by atoms with E-state index in [0.29, 0.717) is 59.6 Å². The van der Waals surface area contributed by atoms with E-state index in [1.54, 1.807) is 30.5 Å². The fraction of sp³-hybridized carbons (Fsp3) is 0.440. The van der Waals surface area contributed by atoms with Crippen LogP contribution < -0.4 is 5.32 Å². The first-order valence-corrected chi connectivity index (χ1v) is 11.9. The van der Waals surface area contributed by atoms with Crippen LogP contribution in [0.15, 0.2) is 37.1 Å². The summed E-state index contributed by atoms with van der Waals surface area (Å²) in [6.07, 6.45) is 10.7. The molecule has 2 aliphatic rings. The van der Waals surface area contributed by atoms with Crippen molar-refractivity contribution in [2.24, 2.45) is 11.8 Å². The summed E-state index contributed by atoms with van der Waals surface area (Å²) in [6, 6.07) is 1.40. The van der Waals surface area contributed by atoms with E-state index in [1.165, 1.54) is 12.8 Å². The smallest absolute Gasteiger partial charge is 0.256 e. The van der Waals surface area contributed by atoms with E-state index >= 15 is 0 Å². The van der Waals surface area contributed by atoms with Gasteiger partial charge in [-0.05, 0) is 44.1 Å². The van der Waals surface area contributed by atoms with Gasteiger partial charge in [-0.3, -0.25) is 9.59 Å². The van der Waals surface area contributed by atoms with Gasteiger partial charge in [-0.1, -0.05) is 6.58 Å². The van der Waals surface area contributed by atoms with E-state index in [0.717, 1.165) is 12.5 Å². The second-order valence-electron chi connectivity index (χ2n) is 9.54. The summed E-state index contributed by atoms with van der Waals surface area (Å²) in [5.74, 6) is 0.0496. The summed E-state index contributed by atoms with van der Waals surface area (Å²) >= 11 is 0. The monoisotopic (exact) mass is 472 g/mol. The minimum Gasteiger partial charge on any atom is -0.344 e. The zero-order valence-corrected chi connectivity index (χ0v) is 19.7. The topological polar surface area (TPSA) is 133 Å². The van der Waals surface area contributed by atoms with E-state index in [9.17, 15) is 9.59 Å². The summed E-state index contributed by atoms with van der Waals surface area (Å²) in [5, 5.41) is 11.9. The van der Waals surface area contributed by atoms with Crippen molar-refractivity contribution < 1.29 is 9.59 Å². The van der Waals surface area contributed by atoms with Crippen molar-refractivity contribution in [3.05, 3.63) is 42.6 Å². The number of aromatic amines is 1. The molecule has 3 aromatic rings. The molecular weight excluding hydrogens is 444 g/mol. The fourth-order valence-electron chi connectivity index (χ4n) is 4.39. The van der Waals surface area contributed by atoms with E-state index in [1.807, 2.05) is 6.20 Å². The molecule has 2 amide bonds. The van der Waals surface area contributed by atoms with Crippen LogP contribution >= 0.6 is 0 Å². The number of likely N-dealkylation sites (tertiary alicyclic amines) is 1. The standard InChI is InChI=1S/C25H28N8O2/c1-15(2)21(25(35)33-7-5-16(9-26)6-8-33)31-24(34)18-10-27-23-22(18)30-19(11-28-23)20-13-32(14-29-20)12-17-3-4-17/h10-11,13-14,16-17,21H,1,3-8,12H2,2H3,(H,27,28)(H,31,34)/t21-/m1/s1. The van der Waals surface area contributed by atoms with Crippen LogP contribution in [0.5, 0.6) is 0 Å². The Bertz CT molecular complexity index is 1320. The van der Waals surface area contributed by atoms with E-state index in [-0.39, 0.29) is 11.8 Å². The van der Waals surface area contributed by atoms with Crippen molar-refractivity contribution in [3.8, 4) is 17.5 Å². The largest absolute Gasteiger partial charge is 0.344 e. The highest BCUT2D eigenvalue weighted by Crippen LogP contribution is 2.31. The maximum absolute atomic E-state index is 13.2. The molecule has 0 spiro atoms. The molecule has 2 N–H and O–H groups in total. The number of aromatic nitrogens is 5. The Kier molecular flexibility index (Phi) is 6.07. The number of hydrogen-bond acceptors (Lipinski definition) is 6. The van der Waals surface area contributed by atoms with Crippen LogP contribution in [0.3, 0.4) is 0 Å². The summed E-state index contributed by atoms with van der Waals surface area (Å²) in [6.45, 7) is 7.57. The quantitative estimate of drug-likeness (QED) is 0.508. The number of amides is 2. The maximum Gasteiger partial charge on any atom is 0.256 e. The highest BCUT2D eigenvalue weighted by Gasteiger charge is 2.31. The lowest BCUT2D eigenvalue weighted by Crippen LogP contribution is -2.51. The van der Waals surface area contributed by atoms with Gasteiger partial charge in [0.2, 0.25) is 5.91 Å². The second-order valence-corrected chi connectivity index (χ2v) is 9.54. The highest BCUT2D eigenvalue weighted by atomic mass is 16.2. The molecule has 0 radical (unpaired) electrons. The number of nitrogens with zero attached hydrogens (tertiary/aromatic N) is 6. The van der Waals surface area contributed by atoms with Gasteiger partial charge < -0.3 is 19.8 Å². The Morgan fingerprint density at radius 1 is 1.26 bits per heavy atom. The van der Waals surface area contributed by atoms with Gasteiger partial charge in [0.25, 0.3) is 5.91 Å². The lowest BCUT2D eigenvalue weighted by atomic mass is 9.97. The first kappa shape index (κ1) is 22.8. The summed E-state index contributed by atoms with van der Waals surface area (Å²) in [5.41, 5.74) is 3.01. The molecule has 5 rings (SSSR count). The lowest BCUT2D eigenvalue weighted by molar-refractivity contribution is -0.133. The molecule has 0 aromatic carbocycles. The van der Waals surface area contributed by atoms with Crippen LogP contribution in [0.1, 0.15) is 43.0 Å². The first-order valence-electron chi connectivity index (χ1n) is 11.9. The number of nitriles is 1. The van der Waals surface area contributed by atoms with E-state index in [2.05, 4.69) is 42.5 Å². The van der Waals surface area contributed by atoms with Crippen molar-refractivity contribution >= 4 is 23.0 Å². The third kappa shape index (κ3) is 4.80.